The van der Waals surface area contributed by atoms with Gasteiger partial charge in [-0.25, -0.2) is 4.79 Å². The molecule has 2 unspecified atom stereocenters. The van der Waals surface area contributed by atoms with Crippen LogP contribution in [0.25, 0.3) is 0 Å². The quantitative estimate of drug-likeness (QED) is 0.697. The molecule has 0 aromatic heterocycles. The molecule has 1 amide bonds. The predicted octanol–water partition coefficient (Wildman–Crippen LogP) is 0.929. The van der Waals surface area contributed by atoms with Crippen molar-refractivity contribution in [3.8, 4) is 0 Å². The Morgan fingerprint density at radius 1 is 1.29 bits per heavy atom. The Morgan fingerprint density at radius 3 is 2.18 bits per heavy atom. The lowest BCUT2D eigenvalue weighted by molar-refractivity contribution is -0.148. The zero-order valence-corrected chi connectivity index (χ0v) is 11.1. The zero-order chi connectivity index (χ0) is 13.6. The molecule has 0 aliphatic carbocycles. The standard InChI is InChI=1S/C12H24N2O3/c1-8(2)5-10(7-13)6-11(15)14(4)9(3)12(16)17/h8-10H,5-7,13H2,1-4H3,(H,16,17). The molecule has 0 bridgehead atoms. The second-order valence-corrected chi connectivity index (χ2v) is 4.95. The van der Waals surface area contributed by atoms with Crippen LogP contribution in [0.5, 0.6) is 0 Å². The second kappa shape index (κ2) is 7.27. The highest BCUT2D eigenvalue weighted by atomic mass is 16.4. The molecular weight excluding hydrogens is 220 g/mol. The number of rotatable bonds is 7. The lowest BCUT2D eigenvalue weighted by Gasteiger charge is -2.24. The molecule has 2 atom stereocenters. The topological polar surface area (TPSA) is 83.6 Å². The highest BCUT2D eigenvalue weighted by Crippen LogP contribution is 2.15. The van der Waals surface area contributed by atoms with Crippen molar-refractivity contribution in [1.82, 2.24) is 4.90 Å². The number of amides is 1. The van der Waals surface area contributed by atoms with Crippen molar-refractivity contribution >= 4 is 11.9 Å². The van der Waals surface area contributed by atoms with Crippen LogP contribution in [0.3, 0.4) is 0 Å². The first kappa shape index (κ1) is 15.9. The fourth-order valence-electron chi connectivity index (χ4n) is 1.70. The molecule has 0 aliphatic heterocycles. The van der Waals surface area contributed by atoms with E-state index in [1.807, 2.05) is 0 Å². The van der Waals surface area contributed by atoms with E-state index in [1.165, 1.54) is 18.9 Å². The number of hydrogen-bond acceptors (Lipinski definition) is 3. The lowest BCUT2D eigenvalue weighted by atomic mass is 9.93. The van der Waals surface area contributed by atoms with E-state index in [4.69, 9.17) is 10.8 Å². The minimum Gasteiger partial charge on any atom is -0.480 e. The van der Waals surface area contributed by atoms with Crippen LogP contribution >= 0.6 is 0 Å². The largest absolute Gasteiger partial charge is 0.480 e. The highest BCUT2D eigenvalue weighted by molar-refractivity contribution is 5.83. The van der Waals surface area contributed by atoms with Gasteiger partial charge in [0.15, 0.2) is 0 Å². The molecule has 0 radical (unpaired) electrons. The van der Waals surface area contributed by atoms with Crippen LogP contribution in [0.15, 0.2) is 0 Å². The lowest BCUT2D eigenvalue weighted by Crippen LogP contribution is -2.41. The molecule has 0 aromatic rings. The van der Waals surface area contributed by atoms with Crippen LogP contribution < -0.4 is 5.73 Å². The fourth-order valence-corrected chi connectivity index (χ4v) is 1.70. The summed E-state index contributed by atoms with van der Waals surface area (Å²) in [4.78, 5) is 23.9. The summed E-state index contributed by atoms with van der Waals surface area (Å²) < 4.78 is 0. The van der Waals surface area contributed by atoms with E-state index in [0.717, 1.165) is 6.42 Å². The van der Waals surface area contributed by atoms with Crippen molar-refractivity contribution in [3.05, 3.63) is 0 Å². The minimum atomic E-state index is -0.992. The number of likely N-dealkylation sites (N-methyl/N-ethyl adjacent to an activating group) is 1. The normalized spacial score (nSPS) is 14.5. The van der Waals surface area contributed by atoms with Crippen LogP contribution in [0.1, 0.15) is 33.6 Å². The van der Waals surface area contributed by atoms with Crippen molar-refractivity contribution in [2.24, 2.45) is 17.6 Å². The molecule has 0 heterocycles. The molecule has 0 spiro atoms. The van der Waals surface area contributed by atoms with Crippen LogP contribution in [0, 0.1) is 11.8 Å². The maximum atomic E-state index is 11.8. The summed E-state index contributed by atoms with van der Waals surface area (Å²) in [5, 5.41) is 8.82. The molecule has 5 nitrogen and oxygen atoms in total. The van der Waals surface area contributed by atoms with Crippen LogP contribution in [0.2, 0.25) is 0 Å². The Morgan fingerprint density at radius 2 is 1.82 bits per heavy atom. The number of nitrogens with two attached hydrogens (primary N) is 1. The highest BCUT2D eigenvalue weighted by Gasteiger charge is 2.23. The number of aliphatic carboxylic acids is 1. The number of carbonyl (C=O) groups is 2. The summed E-state index contributed by atoms with van der Waals surface area (Å²) in [5.41, 5.74) is 5.62. The monoisotopic (exact) mass is 244 g/mol. The molecule has 0 saturated carbocycles. The van der Waals surface area contributed by atoms with Gasteiger partial charge in [-0.1, -0.05) is 13.8 Å². The third-order valence-corrected chi connectivity index (χ3v) is 2.93. The van der Waals surface area contributed by atoms with Crippen molar-refractivity contribution in [2.45, 2.75) is 39.7 Å². The molecule has 17 heavy (non-hydrogen) atoms. The zero-order valence-electron chi connectivity index (χ0n) is 11.1. The number of carboxylic acids is 1. The van der Waals surface area contributed by atoms with Gasteiger partial charge in [0.2, 0.25) is 5.91 Å². The van der Waals surface area contributed by atoms with Gasteiger partial charge in [-0.2, -0.15) is 0 Å². The molecular formula is C12H24N2O3. The second-order valence-electron chi connectivity index (χ2n) is 4.95. The maximum absolute atomic E-state index is 11.8. The summed E-state index contributed by atoms with van der Waals surface area (Å²) in [7, 11) is 1.52. The fraction of sp³-hybridized carbons (Fsp3) is 0.833. The summed E-state index contributed by atoms with van der Waals surface area (Å²) in [6.45, 7) is 6.12. The molecule has 100 valence electrons. The van der Waals surface area contributed by atoms with E-state index >= 15 is 0 Å². The number of carbonyl (C=O) groups excluding carboxylic acids is 1. The van der Waals surface area contributed by atoms with E-state index in [2.05, 4.69) is 13.8 Å². The number of nitrogens with zero attached hydrogens (tertiary/aromatic N) is 1. The van der Waals surface area contributed by atoms with Crippen molar-refractivity contribution in [2.75, 3.05) is 13.6 Å². The Balaban J connectivity index is 4.35. The third-order valence-electron chi connectivity index (χ3n) is 2.93. The van der Waals surface area contributed by atoms with Crippen LogP contribution in [-0.2, 0) is 9.59 Å². The molecule has 3 N–H and O–H groups in total. The Labute approximate surface area is 103 Å². The molecule has 5 heteroatoms. The summed E-state index contributed by atoms with van der Waals surface area (Å²) in [6.07, 6.45) is 1.21. The van der Waals surface area contributed by atoms with Gasteiger partial charge in [0.05, 0.1) is 0 Å². The van der Waals surface area contributed by atoms with Crippen molar-refractivity contribution < 1.29 is 14.7 Å². The van der Waals surface area contributed by atoms with Gasteiger partial charge in [-0.15, -0.1) is 0 Å². The first-order valence-corrected chi connectivity index (χ1v) is 5.98. The van der Waals surface area contributed by atoms with Gasteiger partial charge in [0, 0.05) is 13.5 Å². The SMILES string of the molecule is CC(C)CC(CN)CC(=O)N(C)C(C)C(=O)O. The van der Waals surface area contributed by atoms with Crippen LogP contribution in [0.4, 0.5) is 0 Å². The van der Waals surface area contributed by atoms with Gasteiger partial charge < -0.3 is 15.7 Å². The van der Waals surface area contributed by atoms with Gasteiger partial charge in [-0.05, 0) is 31.7 Å². The average Bonchev–Trinajstić information content (AvgIpc) is 2.24. The minimum absolute atomic E-state index is 0.131. The van der Waals surface area contributed by atoms with Gasteiger partial charge in [-0.3, -0.25) is 4.79 Å². The van der Waals surface area contributed by atoms with E-state index in [-0.39, 0.29) is 11.8 Å². The van der Waals surface area contributed by atoms with E-state index in [9.17, 15) is 9.59 Å². The first-order chi connectivity index (χ1) is 7.79. The Kier molecular flexibility index (Phi) is 6.80. The number of carboxylic acid groups (broad SMARTS) is 1. The van der Waals surface area contributed by atoms with Gasteiger partial charge >= 0.3 is 5.97 Å². The van der Waals surface area contributed by atoms with E-state index < -0.39 is 12.0 Å². The Hall–Kier alpha value is -1.10. The molecule has 0 aliphatic rings. The number of hydrogen-bond donors (Lipinski definition) is 2. The summed E-state index contributed by atoms with van der Waals surface area (Å²) in [6, 6.07) is -0.792. The molecule has 0 fully saturated rings. The molecule has 0 rings (SSSR count). The van der Waals surface area contributed by atoms with Crippen molar-refractivity contribution in [1.29, 1.82) is 0 Å². The van der Waals surface area contributed by atoms with Crippen molar-refractivity contribution in [3.63, 3.8) is 0 Å². The summed E-state index contributed by atoms with van der Waals surface area (Å²) >= 11 is 0. The maximum Gasteiger partial charge on any atom is 0.326 e. The van der Waals surface area contributed by atoms with E-state index in [0.29, 0.717) is 18.9 Å². The average molecular weight is 244 g/mol. The van der Waals surface area contributed by atoms with E-state index in [1.54, 1.807) is 0 Å². The molecule has 0 saturated heterocycles. The van der Waals surface area contributed by atoms with Gasteiger partial charge in [0.25, 0.3) is 0 Å². The molecule has 0 aromatic carbocycles. The Bertz CT molecular complexity index is 266. The smallest absolute Gasteiger partial charge is 0.326 e. The third kappa shape index (κ3) is 5.68. The first-order valence-electron chi connectivity index (χ1n) is 5.98. The predicted molar refractivity (Wildman–Crippen MR) is 66.5 cm³/mol. The summed E-state index contributed by atoms with van der Waals surface area (Å²) in [5.74, 6) is -0.533. The van der Waals surface area contributed by atoms with Gasteiger partial charge in [0.1, 0.15) is 6.04 Å². The van der Waals surface area contributed by atoms with Crippen LogP contribution in [-0.4, -0.2) is 41.5 Å².